The van der Waals surface area contributed by atoms with Gasteiger partial charge in [-0.3, -0.25) is 9.69 Å². The van der Waals surface area contributed by atoms with Gasteiger partial charge < -0.3 is 15.4 Å². The summed E-state index contributed by atoms with van der Waals surface area (Å²) in [6.07, 6.45) is 0. The Bertz CT molecular complexity index is 476. The van der Waals surface area contributed by atoms with Crippen LogP contribution in [0.1, 0.15) is 5.56 Å². The second-order valence-electron chi connectivity index (χ2n) is 4.24. The highest BCUT2D eigenvalue weighted by molar-refractivity contribution is 5.96. The minimum atomic E-state index is -0.350. The van der Waals surface area contributed by atoms with Crippen LogP contribution in [0.5, 0.6) is 5.75 Å². The van der Waals surface area contributed by atoms with Crippen LogP contribution in [-0.4, -0.2) is 43.6 Å². The SMILES string of the molecule is CNCc1cccc(OCC(=O)N2CCNC2=O)c1. The summed E-state index contributed by atoms with van der Waals surface area (Å²) in [5.41, 5.74) is 1.08. The number of nitrogens with zero attached hydrogens (tertiary/aromatic N) is 1. The van der Waals surface area contributed by atoms with Crippen molar-refractivity contribution in [3.8, 4) is 5.75 Å². The van der Waals surface area contributed by atoms with Gasteiger partial charge in [-0.15, -0.1) is 0 Å². The van der Waals surface area contributed by atoms with Crippen LogP contribution >= 0.6 is 0 Å². The zero-order valence-corrected chi connectivity index (χ0v) is 10.8. The van der Waals surface area contributed by atoms with Crippen LogP contribution in [0.15, 0.2) is 24.3 Å². The topological polar surface area (TPSA) is 70.7 Å². The van der Waals surface area contributed by atoms with Gasteiger partial charge in [0.25, 0.3) is 5.91 Å². The van der Waals surface area contributed by atoms with E-state index < -0.39 is 0 Å². The fourth-order valence-electron chi connectivity index (χ4n) is 1.88. The van der Waals surface area contributed by atoms with E-state index in [4.69, 9.17) is 4.74 Å². The van der Waals surface area contributed by atoms with Gasteiger partial charge >= 0.3 is 6.03 Å². The Balaban J connectivity index is 1.89. The molecule has 1 heterocycles. The van der Waals surface area contributed by atoms with E-state index in [0.29, 0.717) is 18.8 Å². The number of benzene rings is 1. The summed E-state index contributed by atoms with van der Waals surface area (Å²) in [4.78, 5) is 24.2. The van der Waals surface area contributed by atoms with Crippen LogP contribution in [0, 0.1) is 0 Å². The van der Waals surface area contributed by atoms with Gasteiger partial charge in [-0.2, -0.15) is 0 Å². The Kier molecular flexibility index (Phi) is 4.35. The number of rotatable bonds is 5. The summed E-state index contributed by atoms with van der Waals surface area (Å²) >= 11 is 0. The predicted molar refractivity (Wildman–Crippen MR) is 69.8 cm³/mol. The molecule has 1 aromatic rings. The van der Waals surface area contributed by atoms with Crippen molar-refractivity contribution in [2.45, 2.75) is 6.54 Å². The van der Waals surface area contributed by atoms with Crippen molar-refractivity contribution in [2.75, 3.05) is 26.7 Å². The van der Waals surface area contributed by atoms with Crippen LogP contribution in [0.4, 0.5) is 4.79 Å². The molecule has 0 atom stereocenters. The molecule has 6 heteroatoms. The molecule has 102 valence electrons. The molecular weight excluding hydrogens is 246 g/mol. The number of hydrogen-bond donors (Lipinski definition) is 2. The van der Waals surface area contributed by atoms with Gasteiger partial charge in [-0.1, -0.05) is 12.1 Å². The molecule has 6 nitrogen and oxygen atoms in total. The zero-order valence-electron chi connectivity index (χ0n) is 10.8. The van der Waals surface area contributed by atoms with Crippen molar-refractivity contribution in [2.24, 2.45) is 0 Å². The number of nitrogens with one attached hydrogen (secondary N) is 2. The third kappa shape index (κ3) is 3.45. The summed E-state index contributed by atoms with van der Waals surface area (Å²) in [5, 5.41) is 5.62. The Morgan fingerprint density at radius 3 is 3.05 bits per heavy atom. The highest BCUT2D eigenvalue weighted by atomic mass is 16.5. The lowest BCUT2D eigenvalue weighted by atomic mass is 10.2. The van der Waals surface area contributed by atoms with Crippen LogP contribution in [-0.2, 0) is 11.3 Å². The summed E-state index contributed by atoms with van der Waals surface area (Å²) in [6.45, 7) is 1.51. The van der Waals surface area contributed by atoms with E-state index in [9.17, 15) is 9.59 Å². The maximum Gasteiger partial charge on any atom is 0.324 e. The monoisotopic (exact) mass is 263 g/mol. The van der Waals surface area contributed by atoms with Crippen molar-refractivity contribution in [1.29, 1.82) is 0 Å². The predicted octanol–water partition coefficient (Wildman–Crippen LogP) is 0.337. The molecule has 19 heavy (non-hydrogen) atoms. The second-order valence-corrected chi connectivity index (χ2v) is 4.24. The first-order chi connectivity index (χ1) is 9.20. The molecule has 1 aliphatic rings. The number of carbonyl (C=O) groups is 2. The first-order valence-corrected chi connectivity index (χ1v) is 6.15. The van der Waals surface area contributed by atoms with E-state index in [2.05, 4.69) is 10.6 Å². The van der Waals surface area contributed by atoms with Crippen molar-refractivity contribution < 1.29 is 14.3 Å². The summed E-state index contributed by atoms with van der Waals surface area (Å²) < 4.78 is 5.42. The molecule has 0 unspecified atom stereocenters. The first kappa shape index (κ1) is 13.4. The average molecular weight is 263 g/mol. The highest BCUT2D eigenvalue weighted by Gasteiger charge is 2.26. The molecule has 3 amide bonds. The van der Waals surface area contributed by atoms with E-state index >= 15 is 0 Å². The molecule has 0 radical (unpaired) electrons. The number of hydrogen-bond acceptors (Lipinski definition) is 4. The standard InChI is InChI=1S/C13H17N3O3/c1-14-8-10-3-2-4-11(7-10)19-9-12(17)16-6-5-15-13(16)18/h2-4,7,14H,5-6,8-9H2,1H3,(H,15,18). The molecular formula is C13H17N3O3. The van der Waals surface area contributed by atoms with Crippen molar-refractivity contribution in [3.63, 3.8) is 0 Å². The summed E-state index contributed by atoms with van der Waals surface area (Å²) in [7, 11) is 1.86. The minimum Gasteiger partial charge on any atom is -0.484 e. The lowest BCUT2D eigenvalue weighted by Crippen LogP contribution is -2.37. The Labute approximate surface area is 111 Å². The molecule has 0 bridgehead atoms. The van der Waals surface area contributed by atoms with E-state index in [0.717, 1.165) is 17.0 Å². The van der Waals surface area contributed by atoms with Gasteiger partial charge in [0, 0.05) is 19.6 Å². The van der Waals surface area contributed by atoms with E-state index in [1.165, 1.54) is 0 Å². The summed E-state index contributed by atoms with van der Waals surface area (Å²) in [5.74, 6) is 0.301. The number of amides is 3. The van der Waals surface area contributed by atoms with E-state index in [1.54, 1.807) is 6.07 Å². The van der Waals surface area contributed by atoms with Gasteiger partial charge in [0.05, 0.1) is 0 Å². The van der Waals surface area contributed by atoms with Crippen molar-refractivity contribution in [3.05, 3.63) is 29.8 Å². The summed E-state index contributed by atoms with van der Waals surface area (Å²) in [6, 6.07) is 7.15. The number of carbonyl (C=O) groups excluding carboxylic acids is 2. The minimum absolute atomic E-state index is 0.129. The van der Waals surface area contributed by atoms with Crippen LogP contribution < -0.4 is 15.4 Å². The maximum absolute atomic E-state index is 11.8. The van der Waals surface area contributed by atoms with Crippen LogP contribution in [0.2, 0.25) is 0 Å². The highest BCUT2D eigenvalue weighted by Crippen LogP contribution is 2.13. The quantitative estimate of drug-likeness (QED) is 0.803. The Hall–Kier alpha value is -2.08. The Morgan fingerprint density at radius 2 is 2.37 bits per heavy atom. The van der Waals surface area contributed by atoms with Crippen molar-refractivity contribution >= 4 is 11.9 Å². The molecule has 0 aromatic heterocycles. The average Bonchev–Trinajstić information content (AvgIpc) is 2.83. The van der Waals surface area contributed by atoms with E-state index in [1.807, 2.05) is 25.2 Å². The smallest absolute Gasteiger partial charge is 0.324 e. The number of imide groups is 1. The molecule has 1 fully saturated rings. The second kappa shape index (κ2) is 6.19. The van der Waals surface area contributed by atoms with Gasteiger partial charge in [-0.05, 0) is 24.7 Å². The Morgan fingerprint density at radius 1 is 1.53 bits per heavy atom. The van der Waals surface area contributed by atoms with Crippen molar-refractivity contribution in [1.82, 2.24) is 15.5 Å². The van der Waals surface area contributed by atoms with Gasteiger partial charge in [-0.25, -0.2) is 4.79 Å². The van der Waals surface area contributed by atoms with Gasteiger partial charge in [0.15, 0.2) is 6.61 Å². The molecule has 2 N–H and O–H groups in total. The van der Waals surface area contributed by atoms with Gasteiger partial charge in [0.1, 0.15) is 5.75 Å². The molecule has 1 saturated heterocycles. The molecule has 0 saturated carbocycles. The third-order valence-electron chi connectivity index (χ3n) is 2.80. The first-order valence-electron chi connectivity index (χ1n) is 6.15. The zero-order chi connectivity index (χ0) is 13.7. The fourth-order valence-corrected chi connectivity index (χ4v) is 1.88. The lowest BCUT2D eigenvalue weighted by molar-refractivity contribution is -0.129. The molecule has 1 aromatic carbocycles. The molecule has 0 aliphatic carbocycles. The lowest BCUT2D eigenvalue weighted by Gasteiger charge is -2.13. The maximum atomic E-state index is 11.8. The largest absolute Gasteiger partial charge is 0.484 e. The van der Waals surface area contributed by atoms with Crippen LogP contribution in [0.3, 0.4) is 0 Å². The number of ether oxygens (including phenoxy) is 1. The normalized spacial score (nSPS) is 14.4. The van der Waals surface area contributed by atoms with Crippen LogP contribution in [0.25, 0.3) is 0 Å². The van der Waals surface area contributed by atoms with Gasteiger partial charge in [0.2, 0.25) is 0 Å². The molecule has 2 rings (SSSR count). The molecule has 0 spiro atoms. The third-order valence-corrected chi connectivity index (χ3v) is 2.80. The fraction of sp³-hybridized carbons (Fsp3) is 0.385. The van der Waals surface area contributed by atoms with E-state index in [-0.39, 0.29) is 18.5 Å². The number of urea groups is 1. The molecule has 1 aliphatic heterocycles.